The van der Waals surface area contributed by atoms with Gasteiger partial charge in [0.15, 0.2) is 0 Å². The van der Waals surface area contributed by atoms with Crippen LogP contribution in [-0.2, 0) is 10.8 Å². The molecule has 0 N–H and O–H groups in total. The number of hydrogen-bond donors (Lipinski definition) is 0. The lowest BCUT2D eigenvalue weighted by atomic mass is 9.92. The maximum atomic E-state index is 5.35. The molecule has 1 saturated carbocycles. The van der Waals surface area contributed by atoms with Crippen LogP contribution in [0.4, 0.5) is 0 Å². The Kier molecular flexibility index (Phi) is 1.60. The lowest BCUT2D eigenvalue weighted by molar-refractivity contribution is 0.323. The summed E-state index contributed by atoms with van der Waals surface area (Å²) in [6.45, 7) is 8.68. The Hall–Kier alpha value is -0.790. The molecular weight excluding hydrogens is 162 g/mol. The van der Waals surface area contributed by atoms with E-state index in [1.807, 2.05) is 0 Å². The van der Waals surface area contributed by atoms with E-state index in [0.717, 1.165) is 11.5 Å². The van der Waals surface area contributed by atoms with E-state index in [0.29, 0.717) is 5.41 Å². The minimum absolute atomic E-state index is 0.0799. The maximum Gasteiger partial charge on any atom is 0.142 e. The van der Waals surface area contributed by atoms with Gasteiger partial charge in [-0.25, -0.2) is 0 Å². The zero-order chi connectivity index (χ0) is 9.69. The Balaban J connectivity index is 2.29. The number of aromatic nitrogens is 1. The second-order valence-electron chi connectivity index (χ2n) is 5.39. The summed E-state index contributed by atoms with van der Waals surface area (Å²) in [5.41, 5.74) is 1.54. The van der Waals surface area contributed by atoms with E-state index in [2.05, 4.69) is 38.9 Å². The third-order valence-corrected chi connectivity index (χ3v) is 2.87. The molecule has 0 atom stereocenters. The fourth-order valence-corrected chi connectivity index (χ4v) is 1.36. The van der Waals surface area contributed by atoms with Gasteiger partial charge in [0.05, 0.1) is 5.69 Å². The maximum absolute atomic E-state index is 5.35. The van der Waals surface area contributed by atoms with E-state index < -0.39 is 0 Å². The van der Waals surface area contributed by atoms with Crippen LogP contribution < -0.4 is 0 Å². The standard InChI is InChI=1S/C11H17NO/c1-10(2,3)9-7-8(12-13-9)11(4)5-6-11/h7H,5-6H2,1-4H3. The summed E-state index contributed by atoms with van der Waals surface area (Å²) in [7, 11) is 0. The van der Waals surface area contributed by atoms with Crippen molar-refractivity contribution < 1.29 is 4.52 Å². The minimum Gasteiger partial charge on any atom is -0.361 e. The van der Waals surface area contributed by atoms with Crippen molar-refractivity contribution in [1.82, 2.24) is 5.16 Å². The van der Waals surface area contributed by atoms with Gasteiger partial charge in [0.25, 0.3) is 0 Å². The minimum atomic E-state index is 0.0799. The number of nitrogens with zero attached hydrogens (tertiary/aromatic N) is 1. The fraction of sp³-hybridized carbons (Fsp3) is 0.727. The first-order valence-corrected chi connectivity index (χ1v) is 4.89. The molecule has 1 aliphatic rings. The van der Waals surface area contributed by atoms with Crippen LogP contribution in [0.2, 0.25) is 0 Å². The van der Waals surface area contributed by atoms with Crippen molar-refractivity contribution in [1.29, 1.82) is 0 Å². The molecule has 1 aliphatic carbocycles. The zero-order valence-corrected chi connectivity index (χ0v) is 8.85. The molecule has 0 bridgehead atoms. The van der Waals surface area contributed by atoms with Crippen molar-refractivity contribution in [2.24, 2.45) is 0 Å². The van der Waals surface area contributed by atoms with Crippen LogP contribution in [0.1, 0.15) is 52.0 Å². The summed E-state index contributed by atoms with van der Waals surface area (Å²) < 4.78 is 5.35. The lowest BCUT2D eigenvalue weighted by Crippen LogP contribution is -2.09. The van der Waals surface area contributed by atoms with Gasteiger partial charge in [-0.2, -0.15) is 0 Å². The first-order chi connectivity index (χ1) is 5.92. The Morgan fingerprint density at radius 3 is 2.38 bits per heavy atom. The number of hydrogen-bond acceptors (Lipinski definition) is 2. The highest BCUT2D eigenvalue weighted by Crippen LogP contribution is 2.47. The van der Waals surface area contributed by atoms with Crippen LogP contribution in [0.5, 0.6) is 0 Å². The molecule has 2 nitrogen and oxygen atoms in total. The Labute approximate surface area is 79.3 Å². The van der Waals surface area contributed by atoms with Crippen LogP contribution in [0, 0.1) is 0 Å². The Bertz CT molecular complexity index is 295. The van der Waals surface area contributed by atoms with E-state index >= 15 is 0 Å². The van der Waals surface area contributed by atoms with Gasteiger partial charge in [-0.05, 0) is 12.8 Å². The van der Waals surface area contributed by atoms with Gasteiger partial charge in [0.1, 0.15) is 5.76 Å². The second kappa shape index (κ2) is 2.37. The van der Waals surface area contributed by atoms with Crippen LogP contribution in [0.15, 0.2) is 10.6 Å². The summed E-state index contributed by atoms with van der Waals surface area (Å²) >= 11 is 0. The molecule has 1 heterocycles. The molecular formula is C11H17NO. The normalized spacial score (nSPS) is 20.3. The van der Waals surface area contributed by atoms with Gasteiger partial charge in [-0.1, -0.05) is 32.9 Å². The molecule has 0 amide bonds. The van der Waals surface area contributed by atoms with Crippen molar-refractivity contribution in [2.75, 3.05) is 0 Å². The van der Waals surface area contributed by atoms with Crippen molar-refractivity contribution in [3.8, 4) is 0 Å². The summed E-state index contributed by atoms with van der Waals surface area (Å²) in [6, 6.07) is 2.12. The molecule has 1 aromatic heterocycles. The molecule has 0 radical (unpaired) electrons. The lowest BCUT2D eigenvalue weighted by Gasteiger charge is -2.12. The quantitative estimate of drug-likeness (QED) is 0.662. The van der Waals surface area contributed by atoms with Crippen LogP contribution in [0.3, 0.4) is 0 Å². The van der Waals surface area contributed by atoms with Gasteiger partial charge in [-0.3, -0.25) is 0 Å². The summed E-state index contributed by atoms with van der Waals surface area (Å²) in [5, 5.41) is 4.14. The highest BCUT2D eigenvalue weighted by Gasteiger charge is 2.42. The van der Waals surface area contributed by atoms with Crippen molar-refractivity contribution >= 4 is 0 Å². The predicted octanol–water partition coefficient (Wildman–Crippen LogP) is 3.02. The summed E-state index contributed by atoms with van der Waals surface area (Å²) in [4.78, 5) is 0. The molecule has 0 saturated heterocycles. The molecule has 2 heteroatoms. The van der Waals surface area contributed by atoms with E-state index in [1.165, 1.54) is 12.8 Å². The smallest absolute Gasteiger partial charge is 0.142 e. The molecule has 1 aromatic rings. The third-order valence-electron chi connectivity index (χ3n) is 2.87. The third kappa shape index (κ3) is 1.50. The topological polar surface area (TPSA) is 26.0 Å². The van der Waals surface area contributed by atoms with Crippen molar-refractivity contribution in [3.05, 3.63) is 17.5 Å². The highest BCUT2D eigenvalue weighted by molar-refractivity contribution is 5.25. The van der Waals surface area contributed by atoms with E-state index in [9.17, 15) is 0 Å². The Morgan fingerprint density at radius 2 is 2.00 bits per heavy atom. The zero-order valence-electron chi connectivity index (χ0n) is 8.85. The molecule has 1 fully saturated rings. The van der Waals surface area contributed by atoms with Crippen molar-refractivity contribution in [3.63, 3.8) is 0 Å². The van der Waals surface area contributed by atoms with Crippen LogP contribution in [-0.4, -0.2) is 5.16 Å². The largest absolute Gasteiger partial charge is 0.361 e. The second-order valence-corrected chi connectivity index (χ2v) is 5.39. The van der Waals surface area contributed by atoms with E-state index in [4.69, 9.17) is 4.52 Å². The van der Waals surface area contributed by atoms with E-state index in [1.54, 1.807) is 0 Å². The monoisotopic (exact) mass is 179 g/mol. The van der Waals surface area contributed by atoms with Gasteiger partial charge < -0.3 is 4.52 Å². The van der Waals surface area contributed by atoms with Crippen LogP contribution in [0.25, 0.3) is 0 Å². The molecule has 0 spiro atoms. The van der Waals surface area contributed by atoms with E-state index in [-0.39, 0.29) is 5.41 Å². The summed E-state index contributed by atoms with van der Waals surface area (Å²) in [5.74, 6) is 0.996. The predicted molar refractivity (Wildman–Crippen MR) is 51.8 cm³/mol. The highest BCUT2D eigenvalue weighted by atomic mass is 16.5. The first kappa shape index (κ1) is 8.79. The van der Waals surface area contributed by atoms with Gasteiger partial charge in [-0.15, -0.1) is 0 Å². The molecule has 0 aliphatic heterocycles. The van der Waals surface area contributed by atoms with Crippen LogP contribution >= 0.6 is 0 Å². The Morgan fingerprint density at radius 1 is 1.38 bits per heavy atom. The SMILES string of the molecule is CC(C)(C)c1cc(C2(C)CC2)no1. The molecule has 0 unspecified atom stereocenters. The average Bonchev–Trinajstić information content (AvgIpc) is 2.60. The van der Waals surface area contributed by atoms with Gasteiger partial charge >= 0.3 is 0 Å². The van der Waals surface area contributed by atoms with Crippen molar-refractivity contribution in [2.45, 2.75) is 51.4 Å². The number of rotatable bonds is 1. The molecule has 72 valence electrons. The fourth-order valence-electron chi connectivity index (χ4n) is 1.36. The average molecular weight is 179 g/mol. The van der Waals surface area contributed by atoms with Gasteiger partial charge in [0, 0.05) is 16.9 Å². The molecule has 2 rings (SSSR count). The first-order valence-electron chi connectivity index (χ1n) is 4.89. The summed E-state index contributed by atoms with van der Waals surface area (Å²) in [6.07, 6.45) is 2.51. The molecule has 13 heavy (non-hydrogen) atoms. The van der Waals surface area contributed by atoms with Gasteiger partial charge in [0.2, 0.25) is 0 Å². The molecule has 0 aromatic carbocycles.